The number of nitrogen functional groups attached to an aromatic ring is 2. The predicted octanol–water partition coefficient (Wildman–Crippen LogP) is 0.914. The normalized spacial score (nSPS) is 21.0. The average molecular weight is 190 g/mol. The van der Waals surface area contributed by atoms with Gasteiger partial charge in [0.2, 0.25) is 0 Å². The van der Waals surface area contributed by atoms with Gasteiger partial charge in [0.25, 0.3) is 0 Å². The van der Waals surface area contributed by atoms with Crippen LogP contribution >= 0.6 is 0 Å². The van der Waals surface area contributed by atoms with Crippen LogP contribution in [0, 0.1) is 0 Å². The summed E-state index contributed by atoms with van der Waals surface area (Å²) in [5.41, 5.74) is 13.7. The standard InChI is InChI=1S/C10H14N4/c11-8-3-2-7(6-9(8)12)10-13-4-1-5-14-10/h2-4,6,10,14H,1,5,11-12H2. The van der Waals surface area contributed by atoms with E-state index in [0.717, 1.165) is 18.5 Å². The molecule has 0 spiro atoms. The molecule has 0 saturated carbocycles. The lowest BCUT2D eigenvalue weighted by molar-refractivity contribution is 0.548. The summed E-state index contributed by atoms with van der Waals surface area (Å²) >= 11 is 0. The van der Waals surface area contributed by atoms with E-state index < -0.39 is 0 Å². The molecular weight excluding hydrogens is 176 g/mol. The lowest BCUT2D eigenvalue weighted by Crippen LogP contribution is -2.25. The molecule has 1 heterocycles. The van der Waals surface area contributed by atoms with E-state index in [4.69, 9.17) is 11.5 Å². The second kappa shape index (κ2) is 3.67. The van der Waals surface area contributed by atoms with Crippen LogP contribution in [0.5, 0.6) is 0 Å². The van der Waals surface area contributed by atoms with Crippen molar-refractivity contribution in [3.05, 3.63) is 23.8 Å². The Morgan fingerprint density at radius 2 is 2.14 bits per heavy atom. The number of anilines is 2. The van der Waals surface area contributed by atoms with Gasteiger partial charge in [0, 0.05) is 12.8 Å². The van der Waals surface area contributed by atoms with Crippen LogP contribution in [-0.2, 0) is 0 Å². The molecule has 0 amide bonds. The number of benzene rings is 1. The summed E-state index contributed by atoms with van der Waals surface area (Å²) in [5, 5.41) is 3.29. The molecule has 14 heavy (non-hydrogen) atoms. The molecule has 1 aromatic rings. The molecule has 0 bridgehead atoms. The summed E-state index contributed by atoms with van der Waals surface area (Å²) in [6.07, 6.45) is 2.96. The molecule has 1 aliphatic heterocycles. The van der Waals surface area contributed by atoms with Gasteiger partial charge in [-0.1, -0.05) is 6.07 Å². The van der Waals surface area contributed by atoms with Crippen molar-refractivity contribution in [2.75, 3.05) is 18.0 Å². The summed E-state index contributed by atoms with van der Waals surface area (Å²) in [5.74, 6) is 0. The minimum absolute atomic E-state index is 0.0339. The summed E-state index contributed by atoms with van der Waals surface area (Å²) in [7, 11) is 0. The third-order valence-electron chi connectivity index (χ3n) is 2.29. The van der Waals surface area contributed by atoms with E-state index in [0.29, 0.717) is 11.4 Å². The van der Waals surface area contributed by atoms with Gasteiger partial charge < -0.3 is 11.5 Å². The maximum Gasteiger partial charge on any atom is 0.125 e. The number of nitrogens with two attached hydrogens (primary N) is 2. The van der Waals surface area contributed by atoms with E-state index in [9.17, 15) is 0 Å². The van der Waals surface area contributed by atoms with Gasteiger partial charge in [-0.3, -0.25) is 10.3 Å². The monoisotopic (exact) mass is 190 g/mol. The fraction of sp³-hybridized carbons (Fsp3) is 0.300. The highest BCUT2D eigenvalue weighted by atomic mass is 15.1. The second-order valence-corrected chi connectivity index (χ2v) is 3.37. The Morgan fingerprint density at radius 1 is 1.29 bits per heavy atom. The number of aliphatic imine (C=N–C) groups is 1. The number of nitrogens with one attached hydrogen (secondary N) is 1. The topological polar surface area (TPSA) is 76.4 Å². The highest BCUT2D eigenvalue weighted by Crippen LogP contribution is 2.22. The van der Waals surface area contributed by atoms with Gasteiger partial charge in [-0.2, -0.15) is 0 Å². The summed E-state index contributed by atoms with van der Waals surface area (Å²) in [6.45, 7) is 0.957. The lowest BCUT2D eigenvalue weighted by Gasteiger charge is -2.18. The van der Waals surface area contributed by atoms with Crippen molar-refractivity contribution in [3.63, 3.8) is 0 Å². The number of hydrogen-bond donors (Lipinski definition) is 3. The van der Waals surface area contributed by atoms with E-state index in [-0.39, 0.29) is 6.17 Å². The molecular formula is C10H14N4. The van der Waals surface area contributed by atoms with Crippen molar-refractivity contribution < 1.29 is 0 Å². The summed E-state index contributed by atoms with van der Waals surface area (Å²) in [4.78, 5) is 4.34. The van der Waals surface area contributed by atoms with Gasteiger partial charge in [0.05, 0.1) is 11.4 Å². The van der Waals surface area contributed by atoms with Gasteiger partial charge in [0.15, 0.2) is 0 Å². The molecule has 0 aromatic heterocycles. The summed E-state index contributed by atoms with van der Waals surface area (Å²) < 4.78 is 0. The van der Waals surface area contributed by atoms with Crippen LogP contribution in [0.2, 0.25) is 0 Å². The lowest BCUT2D eigenvalue weighted by atomic mass is 10.1. The Balaban J connectivity index is 2.27. The maximum absolute atomic E-state index is 5.72. The fourth-order valence-electron chi connectivity index (χ4n) is 1.48. The molecule has 1 aromatic carbocycles. The third-order valence-corrected chi connectivity index (χ3v) is 2.29. The van der Waals surface area contributed by atoms with E-state index in [1.54, 1.807) is 0 Å². The van der Waals surface area contributed by atoms with Crippen molar-refractivity contribution in [3.8, 4) is 0 Å². The molecule has 1 atom stereocenters. The van der Waals surface area contributed by atoms with Crippen molar-refractivity contribution >= 4 is 17.6 Å². The van der Waals surface area contributed by atoms with Gasteiger partial charge in [-0.15, -0.1) is 0 Å². The molecule has 1 aliphatic rings. The Kier molecular flexibility index (Phi) is 2.37. The highest BCUT2D eigenvalue weighted by molar-refractivity contribution is 5.65. The Hall–Kier alpha value is -1.55. The van der Waals surface area contributed by atoms with E-state index in [1.165, 1.54) is 0 Å². The number of hydrogen-bond acceptors (Lipinski definition) is 4. The van der Waals surface area contributed by atoms with Crippen molar-refractivity contribution in [2.24, 2.45) is 4.99 Å². The first-order valence-electron chi connectivity index (χ1n) is 4.67. The van der Waals surface area contributed by atoms with Gasteiger partial charge in [0.1, 0.15) is 6.17 Å². The molecule has 4 nitrogen and oxygen atoms in total. The Labute approximate surface area is 83.0 Å². The molecule has 0 saturated heterocycles. The van der Waals surface area contributed by atoms with Crippen molar-refractivity contribution in [1.29, 1.82) is 0 Å². The first-order chi connectivity index (χ1) is 6.77. The molecule has 0 aliphatic carbocycles. The minimum atomic E-state index is 0.0339. The van der Waals surface area contributed by atoms with E-state index in [2.05, 4.69) is 10.3 Å². The van der Waals surface area contributed by atoms with E-state index in [1.807, 2.05) is 24.4 Å². The van der Waals surface area contributed by atoms with Gasteiger partial charge in [-0.25, -0.2) is 0 Å². The first kappa shape index (κ1) is 9.02. The van der Waals surface area contributed by atoms with Crippen LogP contribution < -0.4 is 16.8 Å². The largest absolute Gasteiger partial charge is 0.397 e. The van der Waals surface area contributed by atoms with Crippen LogP contribution in [0.15, 0.2) is 23.2 Å². The van der Waals surface area contributed by atoms with Crippen LogP contribution in [0.25, 0.3) is 0 Å². The van der Waals surface area contributed by atoms with Crippen LogP contribution in [0.3, 0.4) is 0 Å². The molecule has 74 valence electrons. The summed E-state index contributed by atoms with van der Waals surface area (Å²) in [6, 6.07) is 5.64. The Bertz CT molecular complexity index is 359. The van der Waals surface area contributed by atoms with Gasteiger partial charge >= 0.3 is 0 Å². The fourth-order valence-corrected chi connectivity index (χ4v) is 1.48. The second-order valence-electron chi connectivity index (χ2n) is 3.37. The number of nitrogens with zero attached hydrogens (tertiary/aromatic N) is 1. The van der Waals surface area contributed by atoms with Crippen molar-refractivity contribution in [1.82, 2.24) is 5.32 Å². The molecule has 5 N–H and O–H groups in total. The zero-order valence-corrected chi connectivity index (χ0v) is 7.90. The average Bonchev–Trinajstić information content (AvgIpc) is 2.23. The van der Waals surface area contributed by atoms with E-state index >= 15 is 0 Å². The van der Waals surface area contributed by atoms with Crippen LogP contribution in [0.1, 0.15) is 18.2 Å². The van der Waals surface area contributed by atoms with Crippen LogP contribution in [-0.4, -0.2) is 12.8 Å². The SMILES string of the molecule is Nc1ccc(C2N=CCCN2)cc1N. The predicted molar refractivity (Wildman–Crippen MR) is 59.1 cm³/mol. The van der Waals surface area contributed by atoms with Gasteiger partial charge in [-0.05, 0) is 24.1 Å². The molecule has 0 fully saturated rings. The molecule has 4 heteroatoms. The minimum Gasteiger partial charge on any atom is -0.397 e. The highest BCUT2D eigenvalue weighted by Gasteiger charge is 2.11. The first-order valence-corrected chi connectivity index (χ1v) is 4.67. The maximum atomic E-state index is 5.72. The smallest absolute Gasteiger partial charge is 0.125 e. The quantitative estimate of drug-likeness (QED) is 0.576. The van der Waals surface area contributed by atoms with Crippen LogP contribution in [0.4, 0.5) is 11.4 Å². The Morgan fingerprint density at radius 3 is 2.79 bits per heavy atom. The molecule has 2 rings (SSSR count). The molecule has 1 unspecified atom stereocenters. The number of rotatable bonds is 1. The zero-order valence-electron chi connectivity index (χ0n) is 7.90. The molecule has 0 radical (unpaired) electrons. The van der Waals surface area contributed by atoms with Crippen molar-refractivity contribution in [2.45, 2.75) is 12.6 Å². The zero-order chi connectivity index (χ0) is 9.97. The third kappa shape index (κ3) is 1.70.